The van der Waals surface area contributed by atoms with E-state index < -0.39 is 5.54 Å². The Kier molecular flexibility index (Phi) is 7.63. The molecule has 0 spiro atoms. The molecule has 5 heteroatoms. The number of carbonyl (C=O) groups is 1. The average molecular weight is 299 g/mol. The molecule has 1 aliphatic rings. The Hall–Kier alpha value is -0.650. The van der Waals surface area contributed by atoms with E-state index in [1.807, 2.05) is 20.8 Å². The van der Waals surface area contributed by atoms with Crippen LogP contribution in [-0.4, -0.2) is 73.2 Å². The van der Waals surface area contributed by atoms with E-state index in [-0.39, 0.29) is 5.97 Å². The van der Waals surface area contributed by atoms with Gasteiger partial charge in [-0.2, -0.15) is 0 Å². The predicted molar refractivity (Wildman–Crippen MR) is 86.5 cm³/mol. The lowest BCUT2D eigenvalue weighted by atomic mass is 9.97. The third-order valence-corrected chi connectivity index (χ3v) is 4.48. The molecular weight excluding hydrogens is 266 g/mol. The van der Waals surface area contributed by atoms with Crippen LogP contribution in [0.25, 0.3) is 0 Å². The molecule has 1 rings (SSSR count). The normalized spacial score (nSPS) is 23.8. The zero-order valence-electron chi connectivity index (χ0n) is 14.4. The molecule has 124 valence electrons. The summed E-state index contributed by atoms with van der Waals surface area (Å²) in [6.07, 6.45) is 0.790. The second-order valence-corrected chi connectivity index (χ2v) is 6.11. The average Bonchev–Trinajstić information content (AvgIpc) is 2.46. The van der Waals surface area contributed by atoms with Crippen LogP contribution in [0.15, 0.2) is 0 Å². The molecule has 0 radical (unpaired) electrons. The summed E-state index contributed by atoms with van der Waals surface area (Å²) < 4.78 is 5.23. The summed E-state index contributed by atoms with van der Waals surface area (Å²) in [6.45, 7) is 16.9. The second-order valence-electron chi connectivity index (χ2n) is 6.11. The summed E-state index contributed by atoms with van der Waals surface area (Å²) in [6, 6.07) is 0.594. The Morgan fingerprint density at radius 2 is 2.05 bits per heavy atom. The fourth-order valence-electron chi connectivity index (χ4n) is 3.07. The first-order chi connectivity index (χ1) is 9.96. The van der Waals surface area contributed by atoms with Gasteiger partial charge in [-0.15, -0.1) is 0 Å². The molecule has 1 fully saturated rings. The van der Waals surface area contributed by atoms with E-state index in [1.54, 1.807) is 0 Å². The molecule has 1 N–H and O–H groups in total. The third kappa shape index (κ3) is 5.24. The number of ether oxygens (including phenoxy) is 1. The van der Waals surface area contributed by atoms with E-state index in [2.05, 4.69) is 29.0 Å². The zero-order chi connectivity index (χ0) is 15.9. The van der Waals surface area contributed by atoms with Crippen molar-refractivity contribution in [2.75, 3.05) is 45.9 Å². The molecule has 0 aromatic heterocycles. The Balaban J connectivity index is 2.52. The van der Waals surface area contributed by atoms with Crippen molar-refractivity contribution in [1.82, 2.24) is 15.1 Å². The smallest absolute Gasteiger partial charge is 0.326 e. The highest BCUT2D eigenvalue weighted by molar-refractivity contribution is 5.80. The summed E-state index contributed by atoms with van der Waals surface area (Å²) in [5.41, 5.74) is -0.574. The number of hydrogen-bond donors (Lipinski definition) is 1. The minimum Gasteiger partial charge on any atom is -0.465 e. The molecule has 0 amide bonds. The summed E-state index contributed by atoms with van der Waals surface area (Å²) in [7, 11) is 0. The zero-order valence-corrected chi connectivity index (χ0v) is 14.4. The molecule has 0 bridgehead atoms. The maximum atomic E-state index is 12.2. The number of nitrogens with zero attached hydrogens (tertiary/aromatic N) is 2. The van der Waals surface area contributed by atoms with E-state index >= 15 is 0 Å². The maximum absolute atomic E-state index is 12.2. The Morgan fingerprint density at radius 1 is 1.33 bits per heavy atom. The van der Waals surface area contributed by atoms with Crippen molar-refractivity contribution in [2.24, 2.45) is 0 Å². The SMILES string of the molecule is CCNC(C)(CCN1CCN(CC)C(C)C1)C(=O)OCC. The van der Waals surface area contributed by atoms with E-state index in [9.17, 15) is 4.79 Å². The van der Waals surface area contributed by atoms with Crippen molar-refractivity contribution in [3.63, 3.8) is 0 Å². The van der Waals surface area contributed by atoms with Crippen LogP contribution in [0, 0.1) is 0 Å². The van der Waals surface area contributed by atoms with Crippen molar-refractivity contribution < 1.29 is 9.53 Å². The Labute approximate surface area is 130 Å². The second kappa shape index (κ2) is 8.71. The van der Waals surface area contributed by atoms with Gasteiger partial charge in [0.2, 0.25) is 0 Å². The number of piperazine rings is 1. The molecule has 0 aromatic carbocycles. The van der Waals surface area contributed by atoms with Gasteiger partial charge >= 0.3 is 5.97 Å². The fraction of sp³-hybridized carbons (Fsp3) is 0.938. The van der Waals surface area contributed by atoms with E-state index in [4.69, 9.17) is 4.74 Å². The first-order valence-corrected chi connectivity index (χ1v) is 8.35. The predicted octanol–water partition coefficient (Wildman–Crippen LogP) is 1.33. The molecule has 21 heavy (non-hydrogen) atoms. The lowest BCUT2D eigenvalue weighted by Crippen LogP contribution is -2.55. The van der Waals surface area contributed by atoms with Crippen LogP contribution in [-0.2, 0) is 9.53 Å². The van der Waals surface area contributed by atoms with Crippen LogP contribution in [0.4, 0.5) is 0 Å². The number of likely N-dealkylation sites (N-methyl/N-ethyl adjacent to an activating group) is 2. The molecule has 1 saturated heterocycles. The summed E-state index contributed by atoms with van der Waals surface area (Å²) in [5.74, 6) is -0.132. The molecule has 0 saturated carbocycles. The van der Waals surface area contributed by atoms with Crippen LogP contribution in [0.1, 0.15) is 41.0 Å². The van der Waals surface area contributed by atoms with E-state index in [0.29, 0.717) is 12.6 Å². The highest BCUT2D eigenvalue weighted by atomic mass is 16.5. The minimum atomic E-state index is -0.574. The van der Waals surface area contributed by atoms with Gasteiger partial charge in [-0.05, 0) is 40.3 Å². The van der Waals surface area contributed by atoms with Gasteiger partial charge in [0, 0.05) is 32.2 Å². The summed E-state index contributed by atoms with van der Waals surface area (Å²) in [5, 5.41) is 3.30. The first-order valence-electron chi connectivity index (χ1n) is 8.35. The Morgan fingerprint density at radius 3 is 2.57 bits per heavy atom. The van der Waals surface area contributed by atoms with Crippen molar-refractivity contribution in [2.45, 2.75) is 52.6 Å². The number of hydrogen-bond acceptors (Lipinski definition) is 5. The fourth-order valence-corrected chi connectivity index (χ4v) is 3.07. The number of nitrogens with one attached hydrogen (secondary N) is 1. The lowest BCUT2D eigenvalue weighted by molar-refractivity contribution is -0.151. The van der Waals surface area contributed by atoms with Gasteiger partial charge in [0.15, 0.2) is 0 Å². The number of esters is 1. The van der Waals surface area contributed by atoms with Gasteiger partial charge in [0.1, 0.15) is 5.54 Å². The molecule has 0 aliphatic carbocycles. The standard InChI is InChI=1S/C16H33N3O2/c1-6-17-16(5,15(20)21-8-3)9-10-18-11-12-19(7-2)14(4)13-18/h14,17H,6-13H2,1-5H3. The van der Waals surface area contributed by atoms with Crippen molar-refractivity contribution in [3.05, 3.63) is 0 Å². The molecule has 2 atom stereocenters. The van der Waals surface area contributed by atoms with E-state index in [0.717, 1.165) is 45.7 Å². The van der Waals surface area contributed by atoms with Crippen LogP contribution in [0.3, 0.4) is 0 Å². The molecule has 1 aliphatic heterocycles. The molecule has 2 unspecified atom stereocenters. The summed E-state index contributed by atoms with van der Waals surface area (Å²) >= 11 is 0. The van der Waals surface area contributed by atoms with Crippen molar-refractivity contribution in [3.8, 4) is 0 Å². The first kappa shape index (κ1) is 18.4. The monoisotopic (exact) mass is 299 g/mol. The largest absolute Gasteiger partial charge is 0.465 e. The van der Waals surface area contributed by atoms with Gasteiger partial charge < -0.3 is 15.0 Å². The number of rotatable bonds is 8. The minimum absolute atomic E-state index is 0.132. The molecule has 5 nitrogen and oxygen atoms in total. The number of carbonyl (C=O) groups excluding carboxylic acids is 1. The Bertz CT molecular complexity index is 325. The van der Waals surface area contributed by atoms with Crippen LogP contribution >= 0.6 is 0 Å². The van der Waals surface area contributed by atoms with Crippen molar-refractivity contribution in [1.29, 1.82) is 0 Å². The quantitative estimate of drug-likeness (QED) is 0.685. The van der Waals surface area contributed by atoms with Gasteiger partial charge in [-0.25, -0.2) is 0 Å². The van der Waals surface area contributed by atoms with Gasteiger partial charge in [-0.1, -0.05) is 13.8 Å². The van der Waals surface area contributed by atoms with Crippen LogP contribution in [0.5, 0.6) is 0 Å². The van der Waals surface area contributed by atoms with Crippen LogP contribution < -0.4 is 5.32 Å². The summed E-state index contributed by atoms with van der Waals surface area (Å²) in [4.78, 5) is 17.1. The highest BCUT2D eigenvalue weighted by Crippen LogP contribution is 2.16. The van der Waals surface area contributed by atoms with Crippen molar-refractivity contribution >= 4 is 5.97 Å². The topological polar surface area (TPSA) is 44.8 Å². The van der Waals surface area contributed by atoms with Gasteiger partial charge in [0.05, 0.1) is 6.61 Å². The maximum Gasteiger partial charge on any atom is 0.326 e. The molecule has 1 heterocycles. The van der Waals surface area contributed by atoms with Gasteiger partial charge in [-0.3, -0.25) is 9.69 Å². The highest BCUT2D eigenvalue weighted by Gasteiger charge is 2.34. The van der Waals surface area contributed by atoms with Gasteiger partial charge in [0.25, 0.3) is 0 Å². The van der Waals surface area contributed by atoms with E-state index in [1.165, 1.54) is 0 Å². The molecule has 0 aromatic rings. The molecular formula is C16H33N3O2. The third-order valence-electron chi connectivity index (χ3n) is 4.48. The lowest BCUT2D eigenvalue weighted by Gasteiger charge is -2.40. The van der Waals surface area contributed by atoms with Crippen LogP contribution in [0.2, 0.25) is 0 Å².